The van der Waals surface area contributed by atoms with Gasteiger partial charge < -0.3 is 40.3 Å². The molecule has 3 heterocycles. The lowest BCUT2D eigenvalue weighted by molar-refractivity contribution is -0.0540. The quantitative estimate of drug-likeness (QED) is 0.0984. The van der Waals surface area contributed by atoms with Crippen molar-refractivity contribution in [2.24, 2.45) is 0 Å². The Balaban J connectivity index is 1.79. The molecule has 1 aliphatic heterocycles. The number of aliphatic hydroxyl groups excluding tert-OH is 2. The minimum atomic E-state index is -5.72. The standard InChI is InChI=1S/C14H24N5O13P3S/c1-2-3-4-36-14-18-8-11(15)16-6-17-12(8)19(14)13-10(21)9(20)7(30-13)5-29-34(25,26)32-35(27,28)31-33(22,23)24/h6-7,9-10,13,20-21H,2-5H2,1H3,(H,25,26)(H,27,28)(H2,15,16,17)(H2,22,23,24)/t7-,9-,10-,13-/m1/s1. The number of hydrogen-bond acceptors (Lipinski definition) is 14. The average molecular weight is 595 g/mol. The summed E-state index contributed by atoms with van der Waals surface area (Å²) in [5.74, 6) is 0.710. The minimum absolute atomic E-state index is 0.0633. The first-order valence-electron chi connectivity index (χ1n) is 10.1. The molecule has 0 spiro atoms. The summed E-state index contributed by atoms with van der Waals surface area (Å²) in [6, 6.07) is 0. The zero-order valence-electron chi connectivity index (χ0n) is 18.4. The van der Waals surface area contributed by atoms with Gasteiger partial charge in [-0.3, -0.25) is 9.09 Å². The highest BCUT2D eigenvalue weighted by atomic mass is 32.2. The first-order chi connectivity index (χ1) is 16.6. The number of imidazole rings is 1. The van der Waals surface area contributed by atoms with Crippen molar-refractivity contribution < 1.29 is 61.4 Å². The lowest BCUT2D eigenvalue weighted by Crippen LogP contribution is -2.33. The molecule has 22 heteroatoms. The summed E-state index contributed by atoms with van der Waals surface area (Å²) in [6.45, 7) is 1.04. The van der Waals surface area contributed by atoms with Crippen molar-refractivity contribution >= 4 is 52.2 Å². The molecule has 0 radical (unpaired) electrons. The molecule has 1 fully saturated rings. The minimum Gasteiger partial charge on any atom is -0.387 e. The molecule has 6 atom stereocenters. The second-order valence-corrected chi connectivity index (χ2v) is 12.8. The SMILES string of the molecule is CCCCSc1nc2c(N)ncnc2n1[C@@H]1O[C@H](COP(=O)(O)OP(=O)(O)OP(=O)(O)O)[C@@H](O)[C@H]1O. The van der Waals surface area contributed by atoms with E-state index in [1.807, 2.05) is 6.92 Å². The molecule has 1 aliphatic rings. The van der Waals surface area contributed by atoms with Crippen LogP contribution in [0.3, 0.4) is 0 Å². The number of aliphatic hydroxyl groups is 2. The smallest absolute Gasteiger partial charge is 0.387 e. The number of ether oxygens (including phenoxy) is 1. The second-order valence-electron chi connectivity index (χ2n) is 7.33. The molecular weight excluding hydrogens is 571 g/mol. The van der Waals surface area contributed by atoms with Crippen LogP contribution in [0, 0.1) is 0 Å². The Morgan fingerprint density at radius 3 is 2.44 bits per heavy atom. The molecule has 0 amide bonds. The number of nitrogens with zero attached hydrogens (tertiary/aromatic N) is 4. The molecule has 0 aromatic carbocycles. The molecule has 36 heavy (non-hydrogen) atoms. The van der Waals surface area contributed by atoms with E-state index in [0.717, 1.165) is 12.8 Å². The molecule has 0 saturated carbocycles. The van der Waals surface area contributed by atoms with E-state index in [1.165, 1.54) is 22.7 Å². The van der Waals surface area contributed by atoms with Crippen LogP contribution in [0.25, 0.3) is 11.2 Å². The summed E-state index contributed by atoms with van der Waals surface area (Å²) in [4.78, 5) is 48.4. The van der Waals surface area contributed by atoms with E-state index >= 15 is 0 Å². The fourth-order valence-corrected chi connectivity index (χ4v) is 7.23. The number of aromatic nitrogens is 4. The highest BCUT2D eigenvalue weighted by Gasteiger charge is 2.47. The Labute approximate surface area is 207 Å². The third-order valence-electron chi connectivity index (χ3n) is 4.61. The van der Waals surface area contributed by atoms with Gasteiger partial charge in [0.05, 0.1) is 6.61 Å². The van der Waals surface area contributed by atoms with Crippen LogP contribution < -0.4 is 5.73 Å². The highest BCUT2D eigenvalue weighted by molar-refractivity contribution is 7.99. The first-order valence-corrected chi connectivity index (χ1v) is 15.6. The zero-order chi connectivity index (χ0) is 26.9. The lowest BCUT2D eigenvalue weighted by Gasteiger charge is -2.19. The number of nitrogens with two attached hydrogens (primary N) is 1. The van der Waals surface area contributed by atoms with Gasteiger partial charge in [0.1, 0.15) is 24.6 Å². The van der Waals surface area contributed by atoms with Crippen molar-refractivity contribution in [1.29, 1.82) is 0 Å². The van der Waals surface area contributed by atoms with Crippen molar-refractivity contribution in [1.82, 2.24) is 19.5 Å². The van der Waals surface area contributed by atoms with Gasteiger partial charge in [-0.05, 0) is 6.42 Å². The van der Waals surface area contributed by atoms with Gasteiger partial charge in [0, 0.05) is 5.75 Å². The van der Waals surface area contributed by atoms with E-state index in [1.54, 1.807) is 0 Å². The fraction of sp³-hybridized carbons (Fsp3) is 0.643. The number of unbranched alkanes of at least 4 members (excludes halogenated alkanes) is 1. The normalized spacial score (nSPS) is 26.2. The Kier molecular flexibility index (Phi) is 9.35. The predicted octanol–water partition coefficient (Wildman–Crippen LogP) is 0.263. The Morgan fingerprint density at radius 2 is 1.81 bits per heavy atom. The van der Waals surface area contributed by atoms with Crippen LogP contribution in [0.15, 0.2) is 11.5 Å². The first kappa shape index (κ1) is 29.5. The molecular formula is C14H24N5O13P3S. The van der Waals surface area contributed by atoms with Gasteiger partial charge in [-0.1, -0.05) is 25.1 Å². The van der Waals surface area contributed by atoms with E-state index in [9.17, 15) is 33.7 Å². The number of rotatable bonds is 12. The van der Waals surface area contributed by atoms with Crippen LogP contribution in [0.5, 0.6) is 0 Å². The summed E-state index contributed by atoms with van der Waals surface area (Å²) in [5.41, 5.74) is 6.29. The van der Waals surface area contributed by atoms with E-state index in [0.29, 0.717) is 10.9 Å². The van der Waals surface area contributed by atoms with Gasteiger partial charge >= 0.3 is 23.5 Å². The van der Waals surface area contributed by atoms with Gasteiger partial charge in [0.2, 0.25) is 0 Å². The summed E-state index contributed by atoms with van der Waals surface area (Å²) >= 11 is 1.31. The van der Waals surface area contributed by atoms with Gasteiger partial charge in [0.15, 0.2) is 28.4 Å². The van der Waals surface area contributed by atoms with E-state index < -0.39 is 54.6 Å². The van der Waals surface area contributed by atoms with Crippen molar-refractivity contribution in [3.8, 4) is 0 Å². The average Bonchev–Trinajstić information content (AvgIpc) is 3.22. The summed E-state index contributed by atoms with van der Waals surface area (Å²) in [7, 11) is -16.8. The largest absolute Gasteiger partial charge is 0.490 e. The van der Waals surface area contributed by atoms with Gasteiger partial charge in [0.25, 0.3) is 0 Å². The highest BCUT2D eigenvalue weighted by Crippen LogP contribution is 2.66. The van der Waals surface area contributed by atoms with Crippen LogP contribution in [0.4, 0.5) is 5.82 Å². The summed E-state index contributed by atoms with van der Waals surface area (Å²) in [6.07, 6.45) is -3.17. The third-order valence-corrected chi connectivity index (χ3v) is 9.45. The zero-order valence-corrected chi connectivity index (χ0v) is 21.9. The second kappa shape index (κ2) is 11.4. The molecule has 18 nitrogen and oxygen atoms in total. The Bertz CT molecular complexity index is 1230. The Morgan fingerprint density at radius 1 is 1.11 bits per heavy atom. The number of fused-ring (bicyclic) bond motifs is 1. The topological polar surface area (TPSA) is 279 Å². The molecule has 2 unspecified atom stereocenters. The van der Waals surface area contributed by atoms with Crippen LogP contribution in [0.1, 0.15) is 26.0 Å². The maximum absolute atomic E-state index is 12.0. The third kappa shape index (κ3) is 7.30. The Hall–Kier alpha value is -1.01. The summed E-state index contributed by atoms with van der Waals surface area (Å²) in [5, 5.41) is 21.4. The number of thioether (sulfide) groups is 1. The van der Waals surface area contributed by atoms with E-state index in [-0.39, 0.29) is 17.0 Å². The maximum atomic E-state index is 12.0. The monoisotopic (exact) mass is 595 g/mol. The van der Waals surface area contributed by atoms with Gasteiger partial charge in [-0.15, -0.1) is 0 Å². The van der Waals surface area contributed by atoms with Crippen molar-refractivity contribution in [3.05, 3.63) is 6.33 Å². The molecule has 8 N–H and O–H groups in total. The molecule has 1 saturated heterocycles. The fourth-order valence-electron chi connectivity index (χ4n) is 3.10. The number of phosphoric acid groups is 3. The van der Waals surface area contributed by atoms with Gasteiger partial charge in [-0.2, -0.15) is 8.62 Å². The summed E-state index contributed by atoms with van der Waals surface area (Å²) < 4.78 is 53.0. The van der Waals surface area contributed by atoms with Crippen molar-refractivity contribution in [3.63, 3.8) is 0 Å². The van der Waals surface area contributed by atoms with E-state index in [2.05, 4.69) is 28.1 Å². The maximum Gasteiger partial charge on any atom is 0.490 e. The van der Waals surface area contributed by atoms with Crippen LogP contribution in [-0.2, 0) is 31.6 Å². The lowest BCUT2D eigenvalue weighted by atomic mass is 10.1. The molecule has 0 aliphatic carbocycles. The number of anilines is 1. The molecule has 2 aromatic rings. The van der Waals surface area contributed by atoms with E-state index in [4.69, 9.17) is 20.3 Å². The predicted molar refractivity (Wildman–Crippen MR) is 121 cm³/mol. The van der Waals surface area contributed by atoms with Crippen molar-refractivity contribution in [2.45, 2.75) is 49.5 Å². The number of hydrogen-bond donors (Lipinski definition) is 7. The molecule has 204 valence electrons. The van der Waals surface area contributed by atoms with Crippen LogP contribution >= 0.6 is 35.2 Å². The van der Waals surface area contributed by atoms with Gasteiger partial charge in [-0.25, -0.2) is 28.6 Å². The van der Waals surface area contributed by atoms with Crippen molar-refractivity contribution in [2.75, 3.05) is 18.1 Å². The molecule has 3 rings (SSSR count). The van der Waals surface area contributed by atoms with Crippen LogP contribution in [0.2, 0.25) is 0 Å². The molecule has 0 bridgehead atoms. The number of nitrogen functional groups attached to an aromatic ring is 1. The van der Waals surface area contributed by atoms with Crippen LogP contribution in [-0.4, -0.2) is 80.0 Å². The molecule has 2 aromatic heterocycles. The number of phosphoric ester groups is 1.